The van der Waals surface area contributed by atoms with Crippen molar-refractivity contribution in [3.8, 4) is 0 Å². The Balaban J connectivity index is 2.09. The summed E-state index contributed by atoms with van der Waals surface area (Å²) in [5.41, 5.74) is 0.0321. The van der Waals surface area contributed by atoms with Crippen molar-refractivity contribution < 1.29 is 23.5 Å². The molecule has 0 spiro atoms. The molecule has 1 N–H and O–H groups in total. The van der Waals surface area contributed by atoms with Gasteiger partial charge < -0.3 is 14.9 Å². The Morgan fingerprint density at radius 2 is 1.67 bits per heavy atom. The molecule has 5 nitrogen and oxygen atoms in total. The Hall–Kier alpha value is -2.02. The van der Waals surface area contributed by atoms with Gasteiger partial charge in [0.2, 0.25) is 5.91 Å². The number of aryl methyl sites for hydroxylation is 1. The Morgan fingerprint density at radius 3 is 2.24 bits per heavy atom. The summed E-state index contributed by atoms with van der Waals surface area (Å²) in [5.74, 6) is -2.50. The summed E-state index contributed by atoms with van der Waals surface area (Å²) in [7, 11) is 0. The number of carbonyl (C=O) groups is 2. The molecule has 1 heterocycles. The molecule has 7 heteroatoms. The van der Waals surface area contributed by atoms with Crippen LogP contribution in [0.3, 0.4) is 0 Å². The lowest BCUT2D eigenvalue weighted by molar-refractivity contribution is -0.135. The second kappa shape index (κ2) is 6.17. The fourth-order valence-electron chi connectivity index (χ4n) is 2.25. The molecule has 0 bridgehead atoms. The first kappa shape index (κ1) is 15.4. The van der Waals surface area contributed by atoms with E-state index in [1.165, 1.54) is 22.8 Å². The van der Waals surface area contributed by atoms with Crippen molar-refractivity contribution in [3.05, 3.63) is 34.9 Å². The van der Waals surface area contributed by atoms with Crippen LogP contribution in [0.15, 0.2) is 12.1 Å². The number of aliphatic hydroxyl groups excluding tert-OH is 1. The van der Waals surface area contributed by atoms with Gasteiger partial charge in [0.1, 0.15) is 18.2 Å². The Kier molecular flexibility index (Phi) is 4.52. The molecule has 1 aliphatic heterocycles. The van der Waals surface area contributed by atoms with Crippen LogP contribution in [0.4, 0.5) is 8.78 Å². The van der Waals surface area contributed by atoms with Crippen LogP contribution < -0.4 is 0 Å². The van der Waals surface area contributed by atoms with Crippen molar-refractivity contribution in [3.63, 3.8) is 0 Å². The largest absolute Gasteiger partial charge is 0.387 e. The van der Waals surface area contributed by atoms with E-state index in [4.69, 9.17) is 5.11 Å². The fourth-order valence-corrected chi connectivity index (χ4v) is 2.25. The zero-order valence-corrected chi connectivity index (χ0v) is 11.6. The SMILES string of the molecule is Cc1cc(C(=O)N2CCN(C(=O)CO)CC2)c(F)cc1F. The zero-order chi connectivity index (χ0) is 15.6. The minimum Gasteiger partial charge on any atom is -0.387 e. The first-order chi connectivity index (χ1) is 9.93. The highest BCUT2D eigenvalue weighted by Crippen LogP contribution is 2.17. The number of rotatable bonds is 2. The van der Waals surface area contributed by atoms with E-state index in [1.807, 2.05) is 0 Å². The summed E-state index contributed by atoms with van der Waals surface area (Å²) in [4.78, 5) is 26.4. The molecular weight excluding hydrogens is 282 g/mol. The summed E-state index contributed by atoms with van der Waals surface area (Å²) in [6.07, 6.45) is 0. The van der Waals surface area contributed by atoms with Gasteiger partial charge in [0.15, 0.2) is 0 Å². The average molecular weight is 298 g/mol. The highest BCUT2D eigenvalue weighted by atomic mass is 19.1. The number of aliphatic hydroxyl groups is 1. The van der Waals surface area contributed by atoms with Crippen molar-refractivity contribution in [1.82, 2.24) is 9.80 Å². The second-order valence-electron chi connectivity index (χ2n) is 4.91. The number of hydrogen-bond acceptors (Lipinski definition) is 3. The molecule has 1 saturated heterocycles. The Bertz CT molecular complexity index is 570. The van der Waals surface area contributed by atoms with Gasteiger partial charge in [-0.1, -0.05) is 0 Å². The molecule has 0 unspecified atom stereocenters. The van der Waals surface area contributed by atoms with E-state index in [2.05, 4.69) is 0 Å². The Labute approximate surface area is 120 Å². The van der Waals surface area contributed by atoms with Crippen molar-refractivity contribution >= 4 is 11.8 Å². The second-order valence-corrected chi connectivity index (χ2v) is 4.91. The normalized spacial score (nSPS) is 15.2. The topological polar surface area (TPSA) is 60.9 Å². The quantitative estimate of drug-likeness (QED) is 0.867. The predicted molar refractivity (Wildman–Crippen MR) is 70.7 cm³/mol. The molecule has 0 saturated carbocycles. The average Bonchev–Trinajstić information content (AvgIpc) is 2.49. The fraction of sp³-hybridized carbons (Fsp3) is 0.429. The highest BCUT2D eigenvalue weighted by molar-refractivity contribution is 5.95. The standard InChI is InChI=1S/C14H16F2N2O3/c1-9-6-10(12(16)7-11(9)15)14(21)18-4-2-17(3-5-18)13(20)8-19/h6-7,19H,2-5,8H2,1H3. The van der Waals surface area contributed by atoms with Crippen LogP contribution in [0.5, 0.6) is 0 Å². The van der Waals surface area contributed by atoms with Crippen molar-refractivity contribution in [2.75, 3.05) is 32.8 Å². The molecule has 1 fully saturated rings. The van der Waals surface area contributed by atoms with E-state index in [-0.39, 0.29) is 37.3 Å². The number of amides is 2. The first-order valence-electron chi connectivity index (χ1n) is 6.57. The van der Waals surface area contributed by atoms with Gasteiger partial charge in [-0.2, -0.15) is 0 Å². The zero-order valence-electron chi connectivity index (χ0n) is 11.6. The van der Waals surface area contributed by atoms with Crippen LogP contribution in [0, 0.1) is 18.6 Å². The molecule has 0 radical (unpaired) electrons. The minimum atomic E-state index is -0.892. The third kappa shape index (κ3) is 3.18. The Morgan fingerprint density at radius 1 is 1.10 bits per heavy atom. The maximum Gasteiger partial charge on any atom is 0.256 e. The van der Waals surface area contributed by atoms with E-state index in [0.29, 0.717) is 6.07 Å². The van der Waals surface area contributed by atoms with Gasteiger partial charge in [-0.15, -0.1) is 0 Å². The molecule has 1 aromatic rings. The summed E-state index contributed by atoms with van der Waals surface area (Å²) >= 11 is 0. The van der Waals surface area contributed by atoms with Gasteiger partial charge in [-0.05, 0) is 18.6 Å². The molecular formula is C14H16F2N2O3. The summed E-state index contributed by atoms with van der Waals surface area (Å²) in [5, 5.41) is 8.78. The first-order valence-corrected chi connectivity index (χ1v) is 6.57. The monoisotopic (exact) mass is 298 g/mol. The van der Waals surface area contributed by atoms with E-state index >= 15 is 0 Å². The molecule has 0 aliphatic carbocycles. The lowest BCUT2D eigenvalue weighted by Gasteiger charge is -2.34. The summed E-state index contributed by atoms with van der Waals surface area (Å²) in [6.45, 7) is 1.96. The minimum absolute atomic E-state index is 0.171. The van der Waals surface area contributed by atoms with Crippen LogP contribution >= 0.6 is 0 Å². The van der Waals surface area contributed by atoms with E-state index in [9.17, 15) is 18.4 Å². The van der Waals surface area contributed by atoms with Crippen LogP contribution in [-0.2, 0) is 4.79 Å². The van der Waals surface area contributed by atoms with Gasteiger partial charge in [-0.3, -0.25) is 9.59 Å². The molecule has 114 valence electrons. The van der Waals surface area contributed by atoms with Crippen molar-refractivity contribution in [2.24, 2.45) is 0 Å². The van der Waals surface area contributed by atoms with Gasteiger partial charge in [0.25, 0.3) is 5.91 Å². The number of nitrogens with zero attached hydrogens (tertiary/aromatic N) is 2. The maximum atomic E-state index is 13.7. The molecule has 2 rings (SSSR count). The smallest absolute Gasteiger partial charge is 0.256 e. The molecule has 0 atom stereocenters. The van der Waals surface area contributed by atoms with Gasteiger partial charge in [-0.25, -0.2) is 8.78 Å². The molecule has 0 aromatic heterocycles. The lowest BCUT2D eigenvalue weighted by Crippen LogP contribution is -2.51. The van der Waals surface area contributed by atoms with Crippen LogP contribution in [-0.4, -0.2) is 59.5 Å². The molecule has 2 amide bonds. The maximum absolute atomic E-state index is 13.7. The summed E-state index contributed by atoms with van der Waals surface area (Å²) < 4.78 is 26.9. The van der Waals surface area contributed by atoms with E-state index in [0.717, 1.165) is 0 Å². The number of halogens is 2. The van der Waals surface area contributed by atoms with E-state index in [1.54, 1.807) is 0 Å². The van der Waals surface area contributed by atoms with Crippen LogP contribution in [0.1, 0.15) is 15.9 Å². The lowest BCUT2D eigenvalue weighted by atomic mass is 10.1. The van der Waals surface area contributed by atoms with Crippen LogP contribution in [0.2, 0.25) is 0 Å². The third-order valence-electron chi connectivity index (χ3n) is 3.53. The highest BCUT2D eigenvalue weighted by Gasteiger charge is 2.26. The predicted octanol–water partition coefficient (Wildman–Crippen LogP) is 0.550. The third-order valence-corrected chi connectivity index (χ3v) is 3.53. The van der Waals surface area contributed by atoms with Crippen molar-refractivity contribution in [1.29, 1.82) is 0 Å². The van der Waals surface area contributed by atoms with Gasteiger partial charge in [0.05, 0.1) is 5.56 Å². The van der Waals surface area contributed by atoms with Gasteiger partial charge >= 0.3 is 0 Å². The number of benzene rings is 1. The summed E-state index contributed by atoms with van der Waals surface area (Å²) in [6, 6.07) is 1.90. The molecule has 1 aliphatic rings. The number of hydrogen-bond donors (Lipinski definition) is 1. The van der Waals surface area contributed by atoms with Crippen LogP contribution in [0.25, 0.3) is 0 Å². The number of piperazine rings is 1. The molecule has 1 aromatic carbocycles. The van der Waals surface area contributed by atoms with Gasteiger partial charge in [0, 0.05) is 32.2 Å². The number of carbonyl (C=O) groups excluding carboxylic acids is 2. The van der Waals surface area contributed by atoms with E-state index < -0.39 is 30.1 Å². The van der Waals surface area contributed by atoms with Crippen molar-refractivity contribution in [2.45, 2.75) is 6.92 Å². The molecule has 21 heavy (non-hydrogen) atoms.